The van der Waals surface area contributed by atoms with E-state index in [0.717, 1.165) is 18.4 Å². The van der Waals surface area contributed by atoms with Gasteiger partial charge in [0.05, 0.1) is 6.10 Å². The first kappa shape index (κ1) is 16.4. The topological polar surface area (TPSA) is 51.2 Å². The van der Waals surface area contributed by atoms with Gasteiger partial charge in [-0.25, -0.2) is 9.37 Å². The molecule has 1 fully saturated rings. The molecule has 0 unspecified atom stereocenters. The highest BCUT2D eigenvalue weighted by Crippen LogP contribution is 2.38. The van der Waals surface area contributed by atoms with Gasteiger partial charge < -0.3 is 10.1 Å². The van der Waals surface area contributed by atoms with Gasteiger partial charge in [-0.2, -0.15) is 0 Å². The van der Waals surface area contributed by atoms with Crippen molar-refractivity contribution in [2.75, 3.05) is 0 Å². The lowest BCUT2D eigenvalue weighted by Gasteiger charge is -2.36. The zero-order chi connectivity index (χ0) is 17.1. The number of halogens is 1. The second-order valence-corrected chi connectivity index (χ2v) is 6.41. The maximum Gasteiger partial charge on any atom is 0.251 e. The Balaban J connectivity index is 1.56. The van der Waals surface area contributed by atoms with Gasteiger partial charge in [0.15, 0.2) is 0 Å². The Morgan fingerprint density at radius 3 is 2.75 bits per heavy atom. The number of rotatable bonds is 5. The van der Waals surface area contributed by atoms with Crippen molar-refractivity contribution in [1.82, 2.24) is 10.3 Å². The SMILES string of the molecule is CC(C)Oc1cc(C(=O)NC2CC(c3ccccc3F)C2)ccn1. The summed E-state index contributed by atoms with van der Waals surface area (Å²) in [6, 6.07) is 10.2. The summed E-state index contributed by atoms with van der Waals surface area (Å²) in [4.78, 5) is 16.4. The number of hydrogen-bond donors (Lipinski definition) is 1. The fraction of sp³-hybridized carbons (Fsp3) is 0.368. The van der Waals surface area contributed by atoms with Gasteiger partial charge in [-0.1, -0.05) is 18.2 Å². The van der Waals surface area contributed by atoms with E-state index < -0.39 is 0 Å². The van der Waals surface area contributed by atoms with Crippen molar-refractivity contribution in [3.05, 3.63) is 59.5 Å². The maximum absolute atomic E-state index is 13.8. The highest BCUT2D eigenvalue weighted by molar-refractivity contribution is 5.94. The van der Waals surface area contributed by atoms with Crippen LogP contribution in [0.25, 0.3) is 0 Å². The van der Waals surface area contributed by atoms with Crippen LogP contribution in [0.1, 0.15) is 48.5 Å². The van der Waals surface area contributed by atoms with Crippen LogP contribution in [-0.2, 0) is 0 Å². The third kappa shape index (κ3) is 3.72. The summed E-state index contributed by atoms with van der Waals surface area (Å²) in [5.41, 5.74) is 1.26. The van der Waals surface area contributed by atoms with Gasteiger partial charge in [0.2, 0.25) is 5.88 Å². The molecule has 0 aliphatic heterocycles. The van der Waals surface area contributed by atoms with Gasteiger partial charge in [-0.3, -0.25) is 4.79 Å². The summed E-state index contributed by atoms with van der Waals surface area (Å²) in [7, 11) is 0. The normalized spacial score (nSPS) is 19.7. The summed E-state index contributed by atoms with van der Waals surface area (Å²) >= 11 is 0. The number of nitrogens with one attached hydrogen (secondary N) is 1. The monoisotopic (exact) mass is 328 g/mol. The van der Waals surface area contributed by atoms with Crippen LogP contribution >= 0.6 is 0 Å². The average molecular weight is 328 g/mol. The number of ether oxygens (including phenoxy) is 1. The number of carbonyl (C=O) groups excluding carboxylic acids is 1. The molecule has 24 heavy (non-hydrogen) atoms. The van der Waals surface area contributed by atoms with E-state index in [0.29, 0.717) is 11.4 Å². The number of pyridine rings is 1. The molecule has 3 rings (SSSR count). The standard InChI is InChI=1S/C19H21FN2O2/c1-12(2)24-18-11-13(7-8-21-18)19(23)22-15-9-14(10-15)16-5-3-4-6-17(16)20/h3-8,11-12,14-15H,9-10H2,1-2H3,(H,22,23). The quantitative estimate of drug-likeness (QED) is 0.911. The third-order valence-electron chi connectivity index (χ3n) is 4.17. The number of benzene rings is 1. The molecule has 126 valence electrons. The van der Waals surface area contributed by atoms with Crippen LogP contribution in [0.2, 0.25) is 0 Å². The van der Waals surface area contributed by atoms with Crippen LogP contribution in [0.5, 0.6) is 5.88 Å². The Labute approximate surface area is 141 Å². The number of aromatic nitrogens is 1. The van der Waals surface area contributed by atoms with Gasteiger partial charge in [0.25, 0.3) is 5.91 Å². The number of carbonyl (C=O) groups is 1. The Bertz CT molecular complexity index is 727. The summed E-state index contributed by atoms with van der Waals surface area (Å²) in [5, 5.41) is 2.99. The lowest BCUT2D eigenvalue weighted by Crippen LogP contribution is -2.43. The molecule has 0 atom stereocenters. The van der Waals surface area contributed by atoms with Crippen LogP contribution in [0, 0.1) is 5.82 Å². The Kier molecular flexibility index (Phi) is 4.79. The lowest BCUT2D eigenvalue weighted by molar-refractivity contribution is 0.0907. The van der Waals surface area contributed by atoms with Crippen LogP contribution in [0.3, 0.4) is 0 Å². The molecule has 1 aromatic heterocycles. The zero-order valence-electron chi connectivity index (χ0n) is 13.8. The van der Waals surface area contributed by atoms with Gasteiger partial charge in [0, 0.05) is 23.9 Å². The second kappa shape index (κ2) is 6.99. The molecule has 5 heteroatoms. The molecule has 1 aromatic carbocycles. The Morgan fingerprint density at radius 1 is 1.29 bits per heavy atom. The van der Waals surface area contributed by atoms with Crippen molar-refractivity contribution in [2.24, 2.45) is 0 Å². The first-order valence-corrected chi connectivity index (χ1v) is 8.21. The maximum atomic E-state index is 13.8. The van der Waals surface area contributed by atoms with E-state index >= 15 is 0 Å². The minimum Gasteiger partial charge on any atom is -0.475 e. The molecule has 0 saturated heterocycles. The second-order valence-electron chi connectivity index (χ2n) is 6.41. The molecule has 1 saturated carbocycles. The molecule has 0 bridgehead atoms. The summed E-state index contributed by atoms with van der Waals surface area (Å²) in [6.07, 6.45) is 3.08. The molecule has 1 aliphatic rings. The van der Waals surface area contributed by atoms with Crippen molar-refractivity contribution in [1.29, 1.82) is 0 Å². The van der Waals surface area contributed by atoms with Gasteiger partial charge in [-0.05, 0) is 50.3 Å². The van der Waals surface area contributed by atoms with E-state index in [9.17, 15) is 9.18 Å². The Hall–Kier alpha value is -2.43. The number of nitrogens with zero attached hydrogens (tertiary/aromatic N) is 1. The van der Waals surface area contributed by atoms with Crippen molar-refractivity contribution >= 4 is 5.91 Å². The van der Waals surface area contributed by atoms with E-state index in [1.54, 1.807) is 24.4 Å². The van der Waals surface area contributed by atoms with E-state index in [1.165, 1.54) is 6.07 Å². The summed E-state index contributed by atoms with van der Waals surface area (Å²) < 4.78 is 19.3. The summed E-state index contributed by atoms with van der Waals surface area (Å²) in [6.45, 7) is 3.82. The average Bonchev–Trinajstić information content (AvgIpc) is 2.51. The van der Waals surface area contributed by atoms with Crippen molar-refractivity contribution in [3.8, 4) is 5.88 Å². The van der Waals surface area contributed by atoms with E-state index in [1.807, 2.05) is 26.0 Å². The molecule has 1 aliphatic carbocycles. The van der Waals surface area contributed by atoms with Crippen molar-refractivity contribution in [3.63, 3.8) is 0 Å². The van der Waals surface area contributed by atoms with Crippen molar-refractivity contribution < 1.29 is 13.9 Å². The first-order chi connectivity index (χ1) is 11.5. The van der Waals surface area contributed by atoms with Gasteiger partial charge in [-0.15, -0.1) is 0 Å². The Morgan fingerprint density at radius 2 is 2.04 bits per heavy atom. The van der Waals surface area contributed by atoms with E-state index in [2.05, 4.69) is 10.3 Å². The van der Waals surface area contributed by atoms with Crippen LogP contribution in [0.4, 0.5) is 4.39 Å². The zero-order valence-corrected chi connectivity index (χ0v) is 13.8. The molecule has 1 heterocycles. The minimum absolute atomic E-state index is 0.00368. The molecular formula is C19H21FN2O2. The molecular weight excluding hydrogens is 307 g/mol. The predicted octanol–water partition coefficient (Wildman–Crippen LogP) is 3.68. The smallest absolute Gasteiger partial charge is 0.251 e. The van der Waals surface area contributed by atoms with Crippen LogP contribution in [-0.4, -0.2) is 23.0 Å². The number of hydrogen-bond acceptors (Lipinski definition) is 3. The van der Waals surface area contributed by atoms with E-state index in [-0.39, 0.29) is 29.8 Å². The lowest BCUT2D eigenvalue weighted by atomic mass is 9.75. The van der Waals surface area contributed by atoms with Crippen LogP contribution < -0.4 is 10.1 Å². The van der Waals surface area contributed by atoms with Gasteiger partial charge >= 0.3 is 0 Å². The van der Waals surface area contributed by atoms with Crippen LogP contribution in [0.15, 0.2) is 42.6 Å². The summed E-state index contributed by atoms with van der Waals surface area (Å²) in [5.74, 6) is 0.296. The molecule has 0 spiro atoms. The fourth-order valence-corrected chi connectivity index (χ4v) is 2.92. The predicted molar refractivity (Wildman–Crippen MR) is 89.6 cm³/mol. The largest absolute Gasteiger partial charge is 0.475 e. The third-order valence-corrected chi connectivity index (χ3v) is 4.17. The number of amides is 1. The van der Waals surface area contributed by atoms with Gasteiger partial charge in [0.1, 0.15) is 5.82 Å². The molecule has 1 amide bonds. The molecule has 0 radical (unpaired) electrons. The minimum atomic E-state index is -0.170. The first-order valence-electron chi connectivity index (χ1n) is 8.21. The fourth-order valence-electron chi connectivity index (χ4n) is 2.92. The van der Waals surface area contributed by atoms with Crippen molar-refractivity contribution in [2.45, 2.75) is 44.8 Å². The molecule has 2 aromatic rings. The highest BCUT2D eigenvalue weighted by atomic mass is 19.1. The highest BCUT2D eigenvalue weighted by Gasteiger charge is 2.33. The van der Waals surface area contributed by atoms with E-state index in [4.69, 9.17) is 4.74 Å². The molecule has 4 nitrogen and oxygen atoms in total. The molecule has 1 N–H and O–H groups in total.